The summed E-state index contributed by atoms with van der Waals surface area (Å²) in [7, 11) is 0. The summed E-state index contributed by atoms with van der Waals surface area (Å²) in [5.74, 6) is 0.622. The van der Waals surface area contributed by atoms with E-state index in [0.29, 0.717) is 24.4 Å². The van der Waals surface area contributed by atoms with Gasteiger partial charge in [0.1, 0.15) is 18.2 Å². The molecule has 2 aromatic rings. The van der Waals surface area contributed by atoms with E-state index in [1.165, 1.54) is 6.07 Å². The van der Waals surface area contributed by atoms with Crippen molar-refractivity contribution in [2.75, 3.05) is 23.8 Å². The van der Waals surface area contributed by atoms with E-state index in [4.69, 9.17) is 10.5 Å². The second-order valence-corrected chi connectivity index (χ2v) is 4.59. The highest BCUT2D eigenvalue weighted by Gasteiger charge is 2.19. The van der Waals surface area contributed by atoms with E-state index in [9.17, 15) is 4.39 Å². The first-order valence-corrected chi connectivity index (χ1v) is 6.25. The molecule has 3 rings (SSSR count). The Labute approximate surface area is 111 Å². The number of nitrogen functional groups attached to an aromatic ring is 1. The highest BCUT2D eigenvalue weighted by Crippen LogP contribution is 2.34. The topological polar surface area (TPSA) is 38.5 Å². The van der Waals surface area contributed by atoms with Crippen LogP contribution in [0.3, 0.4) is 0 Å². The van der Waals surface area contributed by atoms with Gasteiger partial charge in [0.2, 0.25) is 0 Å². The van der Waals surface area contributed by atoms with Crippen molar-refractivity contribution in [2.45, 2.75) is 6.54 Å². The molecule has 98 valence electrons. The van der Waals surface area contributed by atoms with Crippen LogP contribution in [0.15, 0.2) is 42.5 Å². The zero-order chi connectivity index (χ0) is 13.2. The molecular weight excluding hydrogens is 243 g/mol. The molecule has 0 aliphatic carbocycles. The van der Waals surface area contributed by atoms with Gasteiger partial charge in [-0.15, -0.1) is 0 Å². The van der Waals surface area contributed by atoms with Gasteiger partial charge < -0.3 is 15.4 Å². The molecule has 3 nitrogen and oxygen atoms in total. The van der Waals surface area contributed by atoms with Crippen LogP contribution in [-0.2, 0) is 6.54 Å². The largest absolute Gasteiger partial charge is 0.490 e. The summed E-state index contributed by atoms with van der Waals surface area (Å²) < 4.78 is 19.3. The standard InChI is InChI=1S/C15H15FN2O/c16-13-4-2-1-3-11(13)10-18-7-8-19-15-6-5-12(17)9-14(15)18/h1-6,9H,7-8,10,17H2. The van der Waals surface area contributed by atoms with E-state index >= 15 is 0 Å². The molecule has 19 heavy (non-hydrogen) atoms. The van der Waals surface area contributed by atoms with Gasteiger partial charge >= 0.3 is 0 Å². The van der Waals surface area contributed by atoms with E-state index in [1.807, 2.05) is 24.3 Å². The Kier molecular flexibility index (Phi) is 2.99. The van der Waals surface area contributed by atoms with Crippen LogP contribution in [0, 0.1) is 5.82 Å². The third kappa shape index (κ3) is 2.34. The van der Waals surface area contributed by atoms with Gasteiger partial charge in [-0.05, 0) is 24.3 Å². The molecule has 0 amide bonds. The summed E-state index contributed by atoms with van der Waals surface area (Å²) in [6.45, 7) is 1.85. The van der Waals surface area contributed by atoms with Crippen LogP contribution < -0.4 is 15.4 Å². The maximum Gasteiger partial charge on any atom is 0.142 e. The van der Waals surface area contributed by atoms with E-state index in [-0.39, 0.29) is 5.82 Å². The predicted octanol–water partition coefficient (Wildman–Crippen LogP) is 2.81. The second kappa shape index (κ2) is 4.80. The highest BCUT2D eigenvalue weighted by molar-refractivity contribution is 5.66. The number of benzene rings is 2. The first-order chi connectivity index (χ1) is 9.24. The average Bonchev–Trinajstić information content (AvgIpc) is 2.42. The van der Waals surface area contributed by atoms with Crippen LogP contribution in [0.25, 0.3) is 0 Å². The maximum absolute atomic E-state index is 13.7. The number of halogens is 1. The molecule has 0 saturated carbocycles. The SMILES string of the molecule is Nc1ccc2c(c1)N(Cc1ccccc1F)CCO2. The van der Waals surface area contributed by atoms with Crippen LogP contribution in [0.4, 0.5) is 15.8 Å². The van der Waals surface area contributed by atoms with Crippen molar-refractivity contribution in [3.8, 4) is 5.75 Å². The Balaban J connectivity index is 1.92. The van der Waals surface area contributed by atoms with Gasteiger partial charge in [0.15, 0.2) is 0 Å². The summed E-state index contributed by atoms with van der Waals surface area (Å²) in [5.41, 5.74) is 8.10. The Morgan fingerprint density at radius 3 is 2.89 bits per heavy atom. The molecule has 0 aromatic heterocycles. The normalized spacial score (nSPS) is 13.8. The van der Waals surface area contributed by atoms with Crippen molar-refractivity contribution in [1.82, 2.24) is 0 Å². The van der Waals surface area contributed by atoms with Crippen molar-refractivity contribution in [3.63, 3.8) is 0 Å². The van der Waals surface area contributed by atoms with Crippen LogP contribution >= 0.6 is 0 Å². The lowest BCUT2D eigenvalue weighted by Crippen LogP contribution is -2.32. The third-order valence-electron chi connectivity index (χ3n) is 3.26. The minimum absolute atomic E-state index is 0.181. The number of hydrogen-bond acceptors (Lipinski definition) is 3. The van der Waals surface area contributed by atoms with E-state index in [1.54, 1.807) is 12.1 Å². The minimum Gasteiger partial charge on any atom is -0.490 e. The molecule has 4 heteroatoms. The van der Waals surface area contributed by atoms with E-state index in [0.717, 1.165) is 18.0 Å². The van der Waals surface area contributed by atoms with Crippen molar-refractivity contribution in [1.29, 1.82) is 0 Å². The Hall–Kier alpha value is -2.23. The van der Waals surface area contributed by atoms with Crippen LogP contribution in [0.1, 0.15) is 5.56 Å². The number of nitrogens with two attached hydrogens (primary N) is 1. The fraction of sp³-hybridized carbons (Fsp3) is 0.200. The number of nitrogens with zero attached hydrogens (tertiary/aromatic N) is 1. The number of hydrogen-bond donors (Lipinski definition) is 1. The molecule has 2 N–H and O–H groups in total. The van der Waals surface area contributed by atoms with Gasteiger partial charge in [-0.1, -0.05) is 18.2 Å². The molecule has 1 aliphatic heterocycles. The zero-order valence-corrected chi connectivity index (χ0v) is 10.5. The first kappa shape index (κ1) is 11.8. The lowest BCUT2D eigenvalue weighted by atomic mass is 10.1. The van der Waals surface area contributed by atoms with Crippen LogP contribution in [0.5, 0.6) is 5.75 Å². The average molecular weight is 258 g/mol. The van der Waals surface area contributed by atoms with E-state index in [2.05, 4.69) is 4.90 Å². The molecule has 1 heterocycles. The van der Waals surface area contributed by atoms with Gasteiger partial charge in [0.05, 0.1) is 12.2 Å². The van der Waals surface area contributed by atoms with Gasteiger partial charge in [-0.3, -0.25) is 0 Å². The number of ether oxygens (including phenoxy) is 1. The van der Waals surface area contributed by atoms with Gasteiger partial charge in [0.25, 0.3) is 0 Å². The van der Waals surface area contributed by atoms with Crippen molar-refractivity contribution in [3.05, 3.63) is 53.8 Å². The summed E-state index contributed by atoms with van der Waals surface area (Å²) in [4.78, 5) is 2.09. The zero-order valence-electron chi connectivity index (χ0n) is 10.5. The Morgan fingerprint density at radius 2 is 2.05 bits per heavy atom. The van der Waals surface area contributed by atoms with Crippen molar-refractivity contribution in [2.24, 2.45) is 0 Å². The van der Waals surface area contributed by atoms with Gasteiger partial charge in [0, 0.05) is 17.8 Å². The summed E-state index contributed by atoms with van der Waals surface area (Å²) in [5, 5.41) is 0. The van der Waals surface area contributed by atoms with Gasteiger partial charge in [-0.25, -0.2) is 4.39 Å². The molecule has 0 radical (unpaired) electrons. The van der Waals surface area contributed by atoms with Crippen LogP contribution in [-0.4, -0.2) is 13.2 Å². The number of anilines is 2. The smallest absolute Gasteiger partial charge is 0.142 e. The number of fused-ring (bicyclic) bond motifs is 1. The highest BCUT2D eigenvalue weighted by atomic mass is 19.1. The molecular formula is C15H15FN2O. The molecule has 0 spiro atoms. The lowest BCUT2D eigenvalue weighted by Gasteiger charge is -2.31. The Morgan fingerprint density at radius 1 is 1.21 bits per heavy atom. The first-order valence-electron chi connectivity index (χ1n) is 6.25. The van der Waals surface area contributed by atoms with Gasteiger partial charge in [-0.2, -0.15) is 0 Å². The van der Waals surface area contributed by atoms with Crippen LogP contribution in [0.2, 0.25) is 0 Å². The molecule has 0 unspecified atom stereocenters. The Bertz CT molecular complexity index is 600. The summed E-state index contributed by atoms with van der Waals surface area (Å²) in [6, 6.07) is 12.4. The predicted molar refractivity (Wildman–Crippen MR) is 73.8 cm³/mol. The third-order valence-corrected chi connectivity index (χ3v) is 3.26. The molecule has 0 atom stereocenters. The number of rotatable bonds is 2. The summed E-state index contributed by atoms with van der Waals surface area (Å²) in [6.07, 6.45) is 0. The molecule has 0 saturated heterocycles. The second-order valence-electron chi connectivity index (χ2n) is 4.59. The molecule has 0 bridgehead atoms. The monoisotopic (exact) mass is 258 g/mol. The fourth-order valence-corrected chi connectivity index (χ4v) is 2.29. The molecule has 0 fully saturated rings. The van der Waals surface area contributed by atoms with E-state index < -0.39 is 0 Å². The van der Waals surface area contributed by atoms with Crippen molar-refractivity contribution < 1.29 is 9.13 Å². The fourth-order valence-electron chi connectivity index (χ4n) is 2.29. The van der Waals surface area contributed by atoms with Crippen molar-refractivity contribution >= 4 is 11.4 Å². The molecule has 1 aliphatic rings. The molecule has 2 aromatic carbocycles. The lowest BCUT2D eigenvalue weighted by molar-refractivity contribution is 0.306. The summed E-state index contributed by atoms with van der Waals surface area (Å²) >= 11 is 0. The minimum atomic E-state index is -0.181. The maximum atomic E-state index is 13.7. The quantitative estimate of drug-likeness (QED) is 0.842.